The fourth-order valence-electron chi connectivity index (χ4n) is 1.02. The van der Waals surface area contributed by atoms with Gasteiger partial charge in [0.05, 0.1) is 6.07 Å². The fourth-order valence-corrected chi connectivity index (χ4v) is 1.70. The molecule has 1 aromatic heterocycles. The normalized spacial score (nSPS) is 10.9. The Kier molecular flexibility index (Phi) is 4.21. The van der Waals surface area contributed by atoms with E-state index in [1.807, 2.05) is 12.1 Å². The van der Waals surface area contributed by atoms with E-state index in [1.54, 1.807) is 18.3 Å². The van der Waals surface area contributed by atoms with E-state index in [4.69, 9.17) is 5.26 Å². The summed E-state index contributed by atoms with van der Waals surface area (Å²) in [4.78, 5) is 4.04. The average molecular weight is 225 g/mol. The van der Waals surface area contributed by atoms with Gasteiger partial charge in [-0.2, -0.15) is 5.26 Å². The zero-order valence-electron chi connectivity index (χ0n) is 8.05. The second-order valence-electron chi connectivity index (χ2n) is 2.88. The highest BCUT2D eigenvalue weighted by atomic mass is 32.2. The molecule has 0 atom stereocenters. The highest BCUT2D eigenvalue weighted by molar-refractivity contribution is 7.89. The highest BCUT2D eigenvalue weighted by Gasteiger charge is 2.07. The van der Waals surface area contributed by atoms with E-state index >= 15 is 0 Å². The van der Waals surface area contributed by atoms with Crippen LogP contribution < -0.4 is 4.72 Å². The summed E-state index contributed by atoms with van der Waals surface area (Å²) in [5, 5.41) is 8.24. The minimum Gasteiger partial charge on any atom is -0.261 e. The van der Waals surface area contributed by atoms with Crippen molar-refractivity contribution in [1.82, 2.24) is 9.71 Å². The monoisotopic (exact) mass is 225 g/mol. The van der Waals surface area contributed by atoms with E-state index in [1.165, 1.54) is 0 Å². The molecule has 0 aliphatic heterocycles. The maximum atomic E-state index is 11.1. The third-order valence-corrected chi connectivity index (χ3v) is 2.84. The molecule has 1 heterocycles. The van der Waals surface area contributed by atoms with Crippen molar-refractivity contribution in [3.8, 4) is 6.07 Å². The van der Waals surface area contributed by atoms with Gasteiger partial charge >= 0.3 is 0 Å². The van der Waals surface area contributed by atoms with Crippen molar-refractivity contribution in [3.63, 3.8) is 0 Å². The number of pyridine rings is 1. The van der Waals surface area contributed by atoms with E-state index in [2.05, 4.69) is 9.71 Å². The molecule has 0 aliphatic rings. The zero-order chi connectivity index (χ0) is 11.1. The molecule has 0 fully saturated rings. The van der Waals surface area contributed by atoms with Crippen LogP contribution in [0.5, 0.6) is 0 Å². The SMILES string of the molecule is N#CCS(=O)(=O)NCCc1ccccn1. The van der Waals surface area contributed by atoms with Crippen LogP contribution in [-0.2, 0) is 16.4 Å². The van der Waals surface area contributed by atoms with Gasteiger partial charge in [0.15, 0.2) is 5.75 Å². The lowest BCUT2D eigenvalue weighted by molar-refractivity contribution is 0.585. The van der Waals surface area contributed by atoms with E-state index in [-0.39, 0.29) is 6.54 Å². The molecule has 5 nitrogen and oxygen atoms in total. The standard InChI is InChI=1S/C9H11N3O2S/c10-5-8-15(13,14)12-7-4-9-3-1-2-6-11-9/h1-3,6,12H,4,7-8H2. The van der Waals surface area contributed by atoms with E-state index in [0.29, 0.717) is 6.42 Å². The van der Waals surface area contributed by atoms with Gasteiger partial charge in [-0.1, -0.05) is 6.07 Å². The number of rotatable bonds is 5. The average Bonchev–Trinajstić information content (AvgIpc) is 2.19. The molecule has 0 saturated carbocycles. The van der Waals surface area contributed by atoms with E-state index in [0.717, 1.165) is 5.69 Å². The molecule has 0 amide bonds. The number of nitrogens with zero attached hydrogens (tertiary/aromatic N) is 2. The topological polar surface area (TPSA) is 82.8 Å². The van der Waals surface area contributed by atoms with Gasteiger partial charge in [-0.25, -0.2) is 13.1 Å². The molecule has 0 aromatic carbocycles. The first-order valence-corrected chi connectivity index (χ1v) is 6.03. The van der Waals surface area contributed by atoms with Crippen molar-refractivity contribution in [2.75, 3.05) is 12.3 Å². The quantitative estimate of drug-likeness (QED) is 0.768. The molecule has 0 radical (unpaired) electrons. The van der Waals surface area contributed by atoms with Crippen LogP contribution in [0, 0.1) is 11.3 Å². The summed E-state index contributed by atoms with van der Waals surface area (Å²) in [5.41, 5.74) is 0.817. The Balaban J connectivity index is 2.38. The predicted octanol–water partition coefficient (Wildman–Crippen LogP) is 0.0671. The predicted molar refractivity (Wildman–Crippen MR) is 55.3 cm³/mol. The lowest BCUT2D eigenvalue weighted by Crippen LogP contribution is -2.27. The van der Waals surface area contributed by atoms with Gasteiger partial charge in [-0.05, 0) is 12.1 Å². The molecule has 1 rings (SSSR count). The lowest BCUT2D eigenvalue weighted by atomic mass is 10.3. The lowest BCUT2D eigenvalue weighted by Gasteiger charge is -2.02. The molecule has 0 bridgehead atoms. The van der Waals surface area contributed by atoms with Gasteiger partial charge in [-0.15, -0.1) is 0 Å². The molecule has 6 heteroatoms. The molecular formula is C9H11N3O2S. The minimum atomic E-state index is -3.44. The van der Waals surface area contributed by atoms with Crippen molar-refractivity contribution in [3.05, 3.63) is 30.1 Å². The number of nitrogens with one attached hydrogen (secondary N) is 1. The number of hydrogen-bond acceptors (Lipinski definition) is 4. The van der Waals surface area contributed by atoms with Crippen molar-refractivity contribution < 1.29 is 8.42 Å². The second-order valence-corrected chi connectivity index (χ2v) is 4.69. The molecule has 0 saturated heterocycles. The Labute approximate surface area is 88.8 Å². The Bertz CT molecular complexity index is 436. The van der Waals surface area contributed by atoms with Crippen LogP contribution in [0.2, 0.25) is 0 Å². The number of hydrogen-bond donors (Lipinski definition) is 1. The Morgan fingerprint density at radius 1 is 1.47 bits per heavy atom. The third-order valence-electron chi connectivity index (χ3n) is 1.68. The molecule has 0 unspecified atom stereocenters. The molecule has 0 aliphatic carbocycles. The van der Waals surface area contributed by atoms with Gasteiger partial charge in [-0.3, -0.25) is 4.98 Å². The van der Waals surface area contributed by atoms with Crippen molar-refractivity contribution in [2.45, 2.75) is 6.42 Å². The molecule has 80 valence electrons. The van der Waals surface area contributed by atoms with Crippen molar-refractivity contribution in [2.24, 2.45) is 0 Å². The molecule has 0 spiro atoms. The van der Waals surface area contributed by atoms with Crippen LogP contribution in [0.1, 0.15) is 5.69 Å². The fraction of sp³-hybridized carbons (Fsp3) is 0.333. The summed E-state index contributed by atoms with van der Waals surface area (Å²) in [6.45, 7) is 0.265. The summed E-state index contributed by atoms with van der Waals surface area (Å²) in [7, 11) is -3.44. The van der Waals surface area contributed by atoms with E-state index in [9.17, 15) is 8.42 Å². The summed E-state index contributed by atoms with van der Waals surface area (Å²) >= 11 is 0. The molecule has 1 aromatic rings. The zero-order valence-corrected chi connectivity index (χ0v) is 8.87. The smallest absolute Gasteiger partial charge is 0.225 e. The first kappa shape index (κ1) is 11.6. The Morgan fingerprint density at radius 3 is 2.87 bits per heavy atom. The Hall–Kier alpha value is -1.45. The first-order chi connectivity index (χ1) is 7.14. The Morgan fingerprint density at radius 2 is 2.27 bits per heavy atom. The molecule has 1 N–H and O–H groups in total. The summed E-state index contributed by atoms with van der Waals surface area (Å²) in [6.07, 6.45) is 2.17. The molecular weight excluding hydrogens is 214 g/mol. The van der Waals surface area contributed by atoms with Gasteiger partial charge < -0.3 is 0 Å². The summed E-state index contributed by atoms with van der Waals surface area (Å²) in [5.74, 6) is -0.505. The van der Waals surface area contributed by atoms with Gasteiger partial charge in [0.1, 0.15) is 0 Å². The summed E-state index contributed by atoms with van der Waals surface area (Å²) < 4.78 is 24.5. The highest BCUT2D eigenvalue weighted by Crippen LogP contribution is 1.93. The van der Waals surface area contributed by atoms with Crippen LogP contribution in [0.25, 0.3) is 0 Å². The number of aromatic nitrogens is 1. The first-order valence-electron chi connectivity index (χ1n) is 4.38. The number of nitriles is 1. The third kappa shape index (κ3) is 4.54. The maximum absolute atomic E-state index is 11.1. The van der Waals surface area contributed by atoms with Crippen LogP contribution in [-0.4, -0.2) is 25.7 Å². The van der Waals surface area contributed by atoms with Crippen LogP contribution >= 0.6 is 0 Å². The van der Waals surface area contributed by atoms with Gasteiger partial charge in [0.25, 0.3) is 0 Å². The van der Waals surface area contributed by atoms with Gasteiger partial charge in [0.2, 0.25) is 10.0 Å². The number of sulfonamides is 1. The molecule has 15 heavy (non-hydrogen) atoms. The van der Waals surface area contributed by atoms with Crippen LogP contribution in [0.15, 0.2) is 24.4 Å². The second kappa shape index (κ2) is 5.44. The minimum absolute atomic E-state index is 0.265. The summed E-state index contributed by atoms with van der Waals surface area (Å²) in [6, 6.07) is 7.04. The van der Waals surface area contributed by atoms with Crippen molar-refractivity contribution >= 4 is 10.0 Å². The van der Waals surface area contributed by atoms with Crippen molar-refractivity contribution in [1.29, 1.82) is 5.26 Å². The van der Waals surface area contributed by atoms with E-state index < -0.39 is 15.8 Å². The van der Waals surface area contributed by atoms with Crippen LogP contribution in [0.4, 0.5) is 0 Å². The van der Waals surface area contributed by atoms with Crippen LogP contribution in [0.3, 0.4) is 0 Å². The van der Waals surface area contributed by atoms with Gasteiger partial charge in [0, 0.05) is 24.9 Å². The largest absolute Gasteiger partial charge is 0.261 e. The maximum Gasteiger partial charge on any atom is 0.225 e.